The van der Waals surface area contributed by atoms with E-state index in [2.05, 4.69) is 30.9 Å². The molecule has 29 heavy (non-hydrogen) atoms. The number of hydrogen-bond acceptors (Lipinski definition) is 9. The van der Waals surface area contributed by atoms with Crippen LogP contribution in [0.2, 0.25) is 0 Å². The first-order chi connectivity index (χ1) is 13.9. The number of rotatable bonds is 5. The van der Waals surface area contributed by atoms with Gasteiger partial charge < -0.3 is 25.8 Å². The molecule has 12 heteroatoms. The Labute approximate surface area is 176 Å². The maximum absolute atomic E-state index is 12.3. The van der Waals surface area contributed by atoms with Crippen molar-refractivity contribution >= 4 is 44.8 Å². The molecule has 0 spiro atoms. The molecule has 1 saturated heterocycles. The zero-order chi connectivity index (χ0) is 20.7. The second kappa shape index (κ2) is 8.05. The van der Waals surface area contributed by atoms with Gasteiger partial charge in [-0.1, -0.05) is 45.9 Å². The summed E-state index contributed by atoms with van der Waals surface area (Å²) in [6.45, 7) is -0.475. The van der Waals surface area contributed by atoms with Crippen LogP contribution in [0.5, 0.6) is 0 Å². The predicted octanol–water partition coefficient (Wildman–Crippen LogP) is 0.368. The van der Waals surface area contributed by atoms with Crippen molar-refractivity contribution in [2.45, 2.75) is 35.4 Å². The van der Waals surface area contributed by atoms with Gasteiger partial charge >= 0.3 is 0 Å². The molecule has 0 saturated carbocycles. The number of aliphatic hydroxyl groups excluding tert-OH is 3. The summed E-state index contributed by atoms with van der Waals surface area (Å²) in [5, 5.41) is 30.4. The minimum absolute atomic E-state index is 0.0339. The molecule has 1 aliphatic rings. The Bertz CT molecular complexity index is 1110. The van der Waals surface area contributed by atoms with Gasteiger partial charge in [0.25, 0.3) is 5.56 Å². The topological polar surface area (TPSA) is 160 Å². The Kier molecular flexibility index (Phi) is 5.64. The lowest BCUT2D eigenvalue weighted by Crippen LogP contribution is -2.33. The third-order valence-electron chi connectivity index (χ3n) is 4.62. The van der Waals surface area contributed by atoms with Gasteiger partial charge in [-0.15, -0.1) is 0 Å². The van der Waals surface area contributed by atoms with E-state index < -0.39 is 36.7 Å². The predicted molar refractivity (Wildman–Crippen MR) is 109 cm³/mol. The average molecular weight is 484 g/mol. The molecule has 3 aromatic rings. The molecule has 10 nitrogen and oxygen atoms in total. The summed E-state index contributed by atoms with van der Waals surface area (Å²) in [6.07, 6.45) is -4.73. The largest absolute Gasteiger partial charge is 0.394 e. The zero-order valence-corrected chi connectivity index (χ0v) is 17.3. The van der Waals surface area contributed by atoms with Crippen LogP contribution >= 0.6 is 27.7 Å². The second-order valence-corrected chi connectivity index (χ2v) is 8.29. The molecule has 0 amide bonds. The molecule has 4 rings (SSSR count). The molecule has 0 unspecified atom stereocenters. The van der Waals surface area contributed by atoms with Crippen LogP contribution in [-0.2, 0) is 10.5 Å². The number of H-pyrrole nitrogens is 1. The van der Waals surface area contributed by atoms with Gasteiger partial charge in [-0.3, -0.25) is 14.3 Å². The minimum Gasteiger partial charge on any atom is -0.394 e. The van der Waals surface area contributed by atoms with Crippen molar-refractivity contribution in [2.24, 2.45) is 0 Å². The highest BCUT2D eigenvalue weighted by molar-refractivity contribution is 9.10. The van der Waals surface area contributed by atoms with Crippen LogP contribution in [0, 0.1) is 0 Å². The number of nitrogens with zero attached hydrogens (tertiary/aromatic N) is 3. The van der Waals surface area contributed by atoms with Gasteiger partial charge in [0.1, 0.15) is 18.3 Å². The first kappa shape index (κ1) is 20.3. The summed E-state index contributed by atoms with van der Waals surface area (Å²) in [4.78, 5) is 23.2. The number of hydrogen-bond donors (Lipinski definition) is 5. The van der Waals surface area contributed by atoms with E-state index in [1.165, 1.54) is 16.3 Å². The summed E-state index contributed by atoms with van der Waals surface area (Å²) >= 11 is 4.80. The Morgan fingerprint density at radius 2 is 2.03 bits per heavy atom. The van der Waals surface area contributed by atoms with Crippen molar-refractivity contribution in [3.63, 3.8) is 0 Å². The molecule has 0 radical (unpaired) electrons. The van der Waals surface area contributed by atoms with E-state index in [0.29, 0.717) is 10.9 Å². The molecule has 0 aliphatic carbocycles. The van der Waals surface area contributed by atoms with Crippen molar-refractivity contribution in [1.82, 2.24) is 19.5 Å². The van der Waals surface area contributed by atoms with Crippen molar-refractivity contribution in [1.29, 1.82) is 0 Å². The highest BCUT2D eigenvalue weighted by Crippen LogP contribution is 2.36. The molecule has 3 heterocycles. The summed E-state index contributed by atoms with van der Waals surface area (Å²) in [6, 6.07) is 7.67. The molecular weight excluding hydrogens is 466 g/mol. The van der Waals surface area contributed by atoms with Crippen LogP contribution < -0.4 is 11.3 Å². The van der Waals surface area contributed by atoms with Crippen molar-refractivity contribution in [3.8, 4) is 0 Å². The van der Waals surface area contributed by atoms with Gasteiger partial charge in [0.05, 0.1) is 6.61 Å². The Hall–Kier alpha value is -1.96. The number of halogens is 1. The van der Waals surface area contributed by atoms with Crippen molar-refractivity contribution in [2.75, 3.05) is 12.3 Å². The molecule has 1 aliphatic heterocycles. The number of nitrogens with one attached hydrogen (secondary N) is 1. The smallest absolute Gasteiger partial charge is 0.280 e. The van der Waals surface area contributed by atoms with E-state index in [1.54, 1.807) is 0 Å². The standard InChI is InChI=1S/C17H18BrN5O5S/c18-8-4-2-1-3-7(8)6-29-17-20-10-13(21-16(19)22-14(10)27)23(17)15-12(26)11(25)9(5-24)28-15/h1-4,9,11-12,15,24-26H,5-6H2,(H3,19,21,22,27)/t9-,11-,12+,15+/m1/s1. The third-order valence-corrected chi connectivity index (χ3v) is 6.40. The van der Waals surface area contributed by atoms with Crippen LogP contribution in [0.3, 0.4) is 0 Å². The van der Waals surface area contributed by atoms with E-state index >= 15 is 0 Å². The normalized spacial score (nSPS) is 24.4. The highest BCUT2D eigenvalue weighted by Gasteiger charge is 2.45. The van der Waals surface area contributed by atoms with E-state index in [-0.39, 0.29) is 17.1 Å². The first-order valence-corrected chi connectivity index (χ1v) is 10.4. The lowest BCUT2D eigenvalue weighted by atomic mass is 10.1. The minimum atomic E-state index is -1.35. The third kappa shape index (κ3) is 3.67. The number of anilines is 1. The fourth-order valence-corrected chi connectivity index (χ4v) is 4.80. The Balaban J connectivity index is 1.79. The number of aromatic amines is 1. The van der Waals surface area contributed by atoms with Crippen LogP contribution in [0.15, 0.2) is 38.7 Å². The Morgan fingerprint density at radius 3 is 2.72 bits per heavy atom. The summed E-state index contributed by atoms with van der Waals surface area (Å²) in [5.41, 5.74) is 6.31. The van der Waals surface area contributed by atoms with Crippen LogP contribution in [0.4, 0.5) is 5.95 Å². The molecule has 0 bridgehead atoms. The lowest BCUT2D eigenvalue weighted by molar-refractivity contribution is -0.0548. The SMILES string of the molecule is Nc1nc2c(nc(SCc3ccccc3Br)n2[C@H]2O[C@H](CO)[C@@H](O)[C@@H]2O)c(=O)[nH]1. The number of aromatic nitrogens is 4. The number of ether oxygens (including phenoxy) is 1. The van der Waals surface area contributed by atoms with Gasteiger partial charge in [0.15, 0.2) is 22.5 Å². The summed E-state index contributed by atoms with van der Waals surface area (Å²) in [7, 11) is 0. The molecular formula is C17H18BrN5O5S. The van der Waals surface area contributed by atoms with Gasteiger partial charge in [-0.05, 0) is 11.6 Å². The molecule has 2 aromatic heterocycles. The Morgan fingerprint density at radius 1 is 1.28 bits per heavy atom. The van der Waals surface area contributed by atoms with Crippen LogP contribution in [-0.4, -0.2) is 59.8 Å². The van der Waals surface area contributed by atoms with Crippen LogP contribution in [0.1, 0.15) is 11.8 Å². The number of imidazole rings is 1. The van der Waals surface area contributed by atoms with E-state index in [0.717, 1.165) is 10.0 Å². The van der Waals surface area contributed by atoms with Crippen LogP contribution in [0.25, 0.3) is 11.2 Å². The first-order valence-electron chi connectivity index (χ1n) is 8.67. The molecule has 1 aromatic carbocycles. The maximum atomic E-state index is 12.3. The highest BCUT2D eigenvalue weighted by atomic mass is 79.9. The fraction of sp³-hybridized carbons (Fsp3) is 0.353. The lowest BCUT2D eigenvalue weighted by Gasteiger charge is -2.19. The molecule has 4 atom stereocenters. The van der Waals surface area contributed by atoms with E-state index in [1.807, 2.05) is 24.3 Å². The number of fused-ring (bicyclic) bond motifs is 1. The number of aliphatic hydroxyl groups is 3. The van der Waals surface area contributed by atoms with Gasteiger partial charge in [-0.2, -0.15) is 4.98 Å². The number of nitrogen functional groups attached to an aromatic ring is 1. The van der Waals surface area contributed by atoms with Gasteiger partial charge in [0.2, 0.25) is 5.95 Å². The number of nitrogens with two attached hydrogens (primary N) is 1. The molecule has 6 N–H and O–H groups in total. The van der Waals surface area contributed by atoms with Crippen molar-refractivity contribution in [3.05, 3.63) is 44.7 Å². The monoisotopic (exact) mass is 483 g/mol. The van der Waals surface area contributed by atoms with Crippen molar-refractivity contribution < 1.29 is 20.1 Å². The van der Waals surface area contributed by atoms with E-state index in [4.69, 9.17) is 10.5 Å². The summed E-state index contributed by atoms with van der Waals surface area (Å²) < 4.78 is 8.00. The zero-order valence-electron chi connectivity index (χ0n) is 14.9. The van der Waals surface area contributed by atoms with E-state index in [9.17, 15) is 20.1 Å². The van der Waals surface area contributed by atoms with Gasteiger partial charge in [0, 0.05) is 10.2 Å². The molecule has 154 valence electrons. The van der Waals surface area contributed by atoms with Gasteiger partial charge in [-0.25, -0.2) is 4.98 Å². The second-order valence-electron chi connectivity index (χ2n) is 6.50. The number of benzene rings is 1. The average Bonchev–Trinajstić information content (AvgIpc) is 3.19. The summed E-state index contributed by atoms with van der Waals surface area (Å²) in [5.74, 6) is 0.394. The fourth-order valence-electron chi connectivity index (χ4n) is 3.16. The quantitative estimate of drug-likeness (QED) is 0.323. The molecule has 1 fully saturated rings. The maximum Gasteiger partial charge on any atom is 0.280 e. The number of thioether (sulfide) groups is 1.